The molecule has 21 heavy (non-hydrogen) atoms. The Morgan fingerprint density at radius 3 is 2.38 bits per heavy atom. The van der Waals surface area contributed by atoms with Crippen molar-refractivity contribution in [1.82, 2.24) is 0 Å². The molecule has 0 radical (unpaired) electrons. The second-order valence-corrected chi connectivity index (χ2v) is 5.74. The van der Waals surface area contributed by atoms with Crippen LogP contribution in [0.5, 0.6) is 0 Å². The number of hydrogen-bond donors (Lipinski definition) is 1. The third-order valence-corrected chi connectivity index (χ3v) is 4.41. The van der Waals surface area contributed by atoms with Crippen LogP contribution in [0.25, 0.3) is 0 Å². The molecule has 1 saturated carbocycles. The minimum absolute atomic E-state index is 0.122. The van der Waals surface area contributed by atoms with Gasteiger partial charge in [-0.05, 0) is 43.4 Å². The molecule has 1 aromatic rings. The van der Waals surface area contributed by atoms with Gasteiger partial charge in [0.05, 0.1) is 11.5 Å². The fourth-order valence-corrected chi connectivity index (χ4v) is 3.07. The monoisotopic (exact) mass is 296 g/mol. The first kappa shape index (κ1) is 15.6. The first-order valence-corrected chi connectivity index (χ1v) is 7.07. The van der Waals surface area contributed by atoms with Crippen molar-refractivity contribution in [2.45, 2.75) is 33.1 Å². The van der Waals surface area contributed by atoms with Crippen molar-refractivity contribution in [2.24, 2.45) is 17.8 Å². The average molecular weight is 296 g/mol. The van der Waals surface area contributed by atoms with Gasteiger partial charge in [0, 0.05) is 5.92 Å². The van der Waals surface area contributed by atoms with Gasteiger partial charge in [0.2, 0.25) is 0 Å². The molecular weight excluding hydrogens is 278 g/mol. The van der Waals surface area contributed by atoms with Crippen molar-refractivity contribution in [1.29, 1.82) is 0 Å². The van der Waals surface area contributed by atoms with E-state index < -0.39 is 35.2 Å². The predicted molar refractivity (Wildman–Crippen MR) is 73.1 cm³/mol. The molecule has 5 heteroatoms. The third-order valence-electron chi connectivity index (χ3n) is 4.41. The van der Waals surface area contributed by atoms with Gasteiger partial charge in [-0.15, -0.1) is 0 Å². The van der Waals surface area contributed by atoms with E-state index in [0.29, 0.717) is 12.8 Å². The zero-order valence-corrected chi connectivity index (χ0v) is 12.0. The fourth-order valence-electron chi connectivity index (χ4n) is 3.07. The molecule has 0 aromatic heterocycles. The fraction of sp³-hybridized carbons (Fsp3) is 0.500. The summed E-state index contributed by atoms with van der Waals surface area (Å²) in [4.78, 5) is 23.7. The first-order chi connectivity index (χ1) is 9.85. The highest BCUT2D eigenvalue weighted by atomic mass is 19.1. The molecule has 3 atom stereocenters. The number of hydrogen-bond acceptors (Lipinski definition) is 2. The molecule has 0 amide bonds. The van der Waals surface area contributed by atoms with Crippen molar-refractivity contribution < 1.29 is 23.5 Å². The molecule has 114 valence electrons. The number of rotatable bonds is 4. The minimum atomic E-state index is -1.04. The lowest BCUT2D eigenvalue weighted by atomic mass is 9.88. The van der Waals surface area contributed by atoms with Gasteiger partial charge in [0.1, 0.15) is 11.6 Å². The second kappa shape index (κ2) is 5.92. The van der Waals surface area contributed by atoms with Crippen LogP contribution in [0.1, 0.15) is 42.1 Å². The van der Waals surface area contributed by atoms with Crippen LogP contribution in [0.4, 0.5) is 8.78 Å². The molecule has 1 N–H and O–H groups in total. The molecule has 3 nitrogen and oxygen atoms in total. The molecule has 0 aliphatic heterocycles. The summed E-state index contributed by atoms with van der Waals surface area (Å²) in [7, 11) is 0. The number of carbonyl (C=O) groups excluding carboxylic acids is 1. The molecule has 1 fully saturated rings. The van der Waals surface area contributed by atoms with Crippen LogP contribution in [0.15, 0.2) is 12.1 Å². The lowest BCUT2D eigenvalue weighted by Crippen LogP contribution is -2.26. The van der Waals surface area contributed by atoms with Crippen LogP contribution >= 0.6 is 0 Å². The van der Waals surface area contributed by atoms with Crippen molar-refractivity contribution in [2.75, 3.05) is 0 Å². The number of benzene rings is 1. The van der Waals surface area contributed by atoms with Gasteiger partial charge < -0.3 is 5.11 Å². The molecule has 0 saturated heterocycles. The highest BCUT2D eigenvalue weighted by molar-refractivity contribution is 6.00. The maximum atomic E-state index is 13.9. The van der Waals surface area contributed by atoms with Crippen LogP contribution in [-0.2, 0) is 4.79 Å². The zero-order chi connectivity index (χ0) is 15.7. The Bertz CT molecular complexity index is 583. The van der Waals surface area contributed by atoms with Crippen LogP contribution in [0, 0.1) is 36.3 Å². The summed E-state index contributed by atoms with van der Waals surface area (Å²) in [6, 6.07) is 1.86. The van der Waals surface area contributed by atoms with Gasteiger partial charge in [-0.1, -0.05) is 13.3 Å². The Morgan fingerprint density at radius 2 is 1.81 bits per heavy atom. The topological polar surface area (TPSA) is 54.4 Å². The number of carboxylic acids is 1. The molecule has 0 spiro atoms. The maximum Gasteiger partial charge on any atom is 0.307 e. The van der Waals surface area contributed by atoms with Gasteiger partial charge >= 0.3 is 5.97 Å². The molecule has 1 aliphatic carbocycles. The standard InChI is InChI=1S/C16H18F2O3/c1-3-9-5-10(11(6-9)16(20)21)15(19)12-7-13(17)8(2)4-14(12)18/h4,7,9-11H,3,5-6H2,1-2H3,(H,20,21). The molecule has 0 bridgehead atoms. The van der Waals surface area contributed by atoms with Crippen molar-refractivity contribution >= 4 is 11.8 Å². The molecule has 0 heterocycles. The third kappa shape index (κ3) is 2.96. The summed E-state index contributed by atoms with van der Waals surface area (Å²) in [5.41, 5.74) is -0.220. The smallest absolute Gasteiger partial charge is 0.307 e. The average Bonchev–Trinajstić information content (AvgIpc) is 2.86. The minimum Gasteiger partial charge on any atom is -0.481 e. The lowest BCUT2D eigenvalue weighted by Gasteiger charge is -2.15. The number of aryl methyl sites for hydroxylation is 1. The van der Waals surface area contributed by atoms with Gasteiger partial charge in [-0.2, -0.15) is 0 Å². The Kier molecular flexibility index (Phi) is 4.40. The number of halogens is 2. The van der Waals surface area contributed by atoms with E-state index >= 15 is 0 Å². The normalized spacial score (nSPS) is 25.0. The Hall–Kier alpha value is -1.78. The van der Waals surface area contributed by atoms with Crippen LogP contribution in [-0.4, -0.2) is 16.9 Å². The van der Waals surface area contributed by atoms with Crippen LogP contribution in [0.3, 0.4) is 0 Å². The van der Waals surface area contributed by atoms with E-state index in [9.17, 15) is 23.5 Å². The number of aliphatic carboxylic acids is 1. The van der Waals surface area contributed by atoms with E-state index in [4.69, 9.17) is 0 Å². The molecule has 1 aromatic carbocycles. The SMILES string of the molecule is CCC1CC(C(=O)O)C(C(=O)c2cc(F)c(C)cc2F)C1. The summed E-state index contributed by atoms with van der Waals surface area (Å²) in [6.45, 7) is 3.35. The van der Waals surface area contributed by atoms with E-state index in [1.54, 1.807) is 0 Å². The highest BCUT2D eigenvalue weighted by Gasteiger charge is 2.42. The summed E-state index contributed by atoms with van der Waals surface area (Å²) in [5, 5.41) is 9.24. The number of ketones is 1. The van der Waals surface area contributed by atoms with Crippen molar-refractivity contribution in [3.05, 3.63) is 34.9 Å². The zero-order valence-electron chi connectivity index (χ0n) is 12.0. The van der Waals surface area contributed by atoms with Crippen LogP contribution in [0.2, 0.25) is 0 Å². The van der Waals surface area contributed by atoms with Crippen LogP contribution < -0.4 is 0 Å². The van der Waals surface area contributed by atoms with Gasteiger partial charge in [0.25, 0.3) is 0 Å². The summed E-state index contributed by atoms with van der Waals surface area (Å²) in [6.07, 6.45) is 1.61. The number of Topliss-reactive ketones (excluding diaryl/α,β-unsaturated/α-hetero) is 1. The van der Waals surface area contributed by atoms with Crippen molar-refractivity contribution in [3.63, 3.8) is 0 Å². The Balaban J connectivity index is 2.34. The molecule has 3 unspecified atom stereocenters. The van der Waals surface area contributed by atoms with E-state index in [-0.39, 0.29) is 17.0 Å². The van der Waals surface area contributed by atoms with Gasteiger partial charge in [0.15, 0.2) is 5.78 Å². The highest BCUT2D eigenvalue weighted by Crippen LogP contribution is 2.40. The van der Waals surface area contributed by atoms with Gasteiger partial charge in [-0.3, -0.25) is 9.59 Å². The Labute approximate surface area is 122 Å². The summed E-state index contributed by atoms with van der Waals surface area (Å²) < 4.78 is 27.5. The van der Waals surface area contributed by atoms with E-state index in [2.05, 4.69) is 0 Å². The largest absolute Gasteiger partial charge is 0.481 e. The second-order valence-electron chi connectivity index (χ2n) is 5.74. The first-order valence-electron chi connectivity index (χ1n) is 7.07. The number of carbonyl (C=O) groups is 2. The molecular formula is C16H18F2O3. The van der Waals surface area contributed by atoms with E-state index in [1.165, 1.54) is 6.92 Å². The quantitative estimate of drug-likeness (QED) is 0.864. The number of carboxylic acid groups (broad SMARTS) is 1. The maximum absolute atomic E-state index is 13.9. The predicted octanol–water partition coefficient (Wildman–Crippen LogP) is 3.59. The Morgan fingerprint density at radius 1 is 1.19 bits per heavy atom. The lowest BCUT2D eigenvalue weighted by molar-refractivity contribution is -0.142. The summed E-state index contributed by atoms with van der Waals surface area (Å²) in [5.74, 6) is -4.54. The van der Waals surface area contributed by atoms with Crippen molar-refractivity contribution in [3.8, 4) is 0 Å². The van der Waals surface area contributed by atoms with E-state index in [1.807, 2.05) is 6.92 Å². The summed E-state index contributed by atoms with van der Waals surface area (Å²) >= 11 is 0. The molecule has 2 rings (SSSR count). The van der Waals surface area contributed by atoms with E-state index in [0.717, 1.165) is 18.6 Å². The van der Waals surface area contributed by atoms with Gasteiger partial charge in [-0.25, -0.2) is 8.78 Å². The molecule has 1 aliphatic rings.